The number of benzene rings is 1. The maximum absolute atomic E-state index is 13.3. The van der Waals surface area contributed by atoms with E-state index in [0.29, 0.717) is 5.13 Å². The van der Waals surface area contributed by atoms with Crippen molar-refractivity contribution >= 4 is 22.4 Å². The van der Waals surface area contributed by atoms with Crippen molar-refractivity contribution in [1.29, 1.82) is 0 Å². The molecule has 0 bridgehead atoms. The molecule has 17 heavy (non-hydrogen) atoms. The Kier molecular flexibility index (Phi) is 3.43. The Morgan fingerprint density at radius 2 is 2.24 bits per heavy atom. The Bertz CT molecular complexity index is 528. The topological polar surface area (TPSA) is 42.0 Å². The average molecular weight is 254 g/mol. The lowest BCUT2D eigenvalue weighted by Gasteiger charge is -2.03. The molecule has 1 heterocycles. The van der Waals surface area contributed by atoms with Crippen molar-refractivity contribution in [3.05, 3.63) is 47.0 Å². The summed E-state index contributed by atoms with van der Waals surface area (Å²) in [6.45, 7) is 0. The van der Waals surface area contributed by atoms with Crippen LogP contribution in [0.2, 0.25) is 0 Å². The Morgan fingerprint density at radius 3 is 2.88 bits per heavy atom. The molecule has 6 heteroatoms. The minimum atomic E-state index is -0.723. The number of thiazole rings is 1. The molecule has 1 N–H and O–H groups in total. The SMILES string of the molecule is O=C(Cc1ccc(F)cc1F)Nc1nccs1. The normalized spacial score (nSPS) is 10.2. The number of aromatic nitrogens is 1. The second-order valence-electron chi connectivity index (χ2n) is 3.30. The van der Waals surface area contributed by atoms with Crippen molar-refractivity contribution in [3.8, 4) is 0 Å². The lowest BCUT2D eigenvalue weighted by molar-refractivity contribution is -0.115. The Labute approximate surface area is 100 Å². The summed E-state index contributed by atoms with van der Waals surface area (Å²) in [5.41, 5.74) is 0.153. The number of carbonyl (C=O) groups is 1. The molecule has 0 saturated heterocycles. The molecular formula is C11H8F2N2OS. The van der Waals surface area contributed by atoms with E-state index in [9.17, 15) is 13.6 Å². The van der Waals surface area contributed by atoms with Crippen LogP contribution in [-0.4, -0.2) is 10.9 Å². The number of anilines is 1. The number of nitrogens with zero attached hydrogens (tertiary/aromatic N) is 1. The zero-order valence-electron chi connectivity index (χ0n) is 8.61. The van der Waals surface area contributed by atoms with Gasteiger partial charge in [0.15, 0.2) is 5.13 Å². The van der Waals surface area contributed by atoms with E-state index in [4.69, 9.17) is 0 Å². The van der Waals surface area contributed by atoms with Crippen LogP contribution in [0.1, 0.15) is 5.56 Å². The minimum absolute atomic E-state index is 0.147. The van der Waals surface area contributed by atoms with E-state index in [-0.39, 0.29) is 17.9 Å². The van der Waals surface area contributed by atoms with Crippen LogP contribution < -0.4 is 5.32 Å². The maximum Gasteiger partial charge on any atom is 0.230 e. The van der Waals surface area contributed by atoms with Crippen molar-refractivity contribution in [2.75, 3.05) is 5.32 Å². The van der Waals surface area contributed by atoms with Crippen LogP contribution in [0, 0.1) is 11.6 Å². The zero-order valence-corrected chi connectivity index (χ0v) is 9.43. The highest BCUT2D eigenvalue weighted by Crippen LogP contribution is 2.13. The third kappa shape index (κ3) is 3.07. The molecule has 0 aliphatic carbocycles. The van der Waals surface area contributed by atoms with Gasteiger partial charge in [0.25, 0.3) is 0 Å². The first-order chi connectivity index (χ1) is 8.15. The largest absolute Gasteiger partial charge is 0.302 e. The Balaban J connectivity index is 2.03. The van der Waals surface area contributed by atoms with Gasteiger partial charge in [0.1, 0.15) is 11.6 Å². The van der Waals surface area contributed by atoms with Crippen LogP contribution in [0.25, 0.3) is 0 Å². The predicted molar refractivity (Wildman–Crippen MR) is 60.8 cm³/mol. The van der Waals surface area contributed by atoms with Crippen molar-refractivity contribution in [1.82, 2.24) is 4.98 Å². The summed E-state index contributed by atoms with van der Waals surface area (Å²) in [4.78, 5) is 15.4. The monoisotopic (exact) mass is 254 g/mol. The minimum Gasteiger partial charge on any atom is -0.302 e. The standard InChI is InChI=1S/C11H8F2N2OS/c12-8-2-1-7(9(13)6-8)5-10(16)15-11-14-3-4-17-11/h1-4,6H,5H2,(H,14,15,16). The van der Waals surface area contributed by atoms with Crippen LogP contribution in [-0.2, 0) is 11.2 Å². The van der Waals surface area contributed by atoms with Crippen LogP contribution >= 0.6 is 11.3 Å². The molecule has 2 rings (SSSR count). The molecule has 2 aromatic rings. The van der Waals surface area contributed by atoms with E-state index in [1.165, 1.54) is 17.4 Å². The molecule has 0 saturated carbocycles. The summed E-state index contributed by atoms with van der Waals surface area (Å²) in [7, 11) is 0. The van der Waals surface area contributed by atoms with Gasteiger partial charge in [0, 0.05) is 17.6 Å². The molecule has 88 valence electrons. The number of rotatable bonds is 3. The van der Waals surface area contributed by atoms with E-state index < -0.39 is 11.6 Å². The molecular weight excluding hydrogens is 246 g/mol. The van der Waals surface area contributed by atoms with Crippen molar-refractivity contribution in [2.45, 2.75) is 6.42 Å². The van der Waals surface area contributed by atoms with Gasteiger partial charge < -0.3 is 5.32 Å². The fourth-order valence-electron chi connectivity index (χ4n) is 1.29. The average Bonchev–Trinajstić information content (AvgIpc) is 2.75. The van der Waals surface area contributed by atoms with E-state index >= 15 is 0 Å². The van der Waals surface area contributed by atoms with Crippen LogP contribution in [0.4, 0.5) is 13.9 Å². The van der Waals surface area contributed by atoms with Crippen molar-refractivity contribution < 1.29 is 13.6 Å². The smallest absolute Gasteiger partial charge is 0.230 e. The molecule has 0 aliphatic rings. The number of carbonyl (C=O) groups excluding carboxylic acids is 1. The summed E-state index contributed by atoms with van der Waals surface area (Å²) in [5, 5.41) is 4.69. The molecule has 0 fully saturated rings. The first-order valence-corrected chi connectivity index (χ1v) is 5.66. The summed E-state index contributed by atoms with van der Waals surface area (Å²) >= 11 is 1.27. The van der Waals surface area contributed by atoms with Gasteiger partial charge in [-0.1, -0.05) is 6.07 Å². The first kappa shape index (κ1) is 11.7. The molecule has 0 spiro atoms. The fourth-order valence-corrected chi connectivity index (χ4v) is 1.83. The van der Waals surface area contributed by atoms with E-state index in [1.807, 2.05) is 0 Å². The predicted octanol–water partition coefficient (Wildman–Crippen LogP) is 2.60. The second-order valence-corrected chi connectivity index (χ2v) is 4.19. The molecule has 3 nitrogen and oxygen atoms in total. The lowest BCUT2D eigenvalue weighted by atomic mass is 10.1. The van der Waals surface area contributed by atoms with Crippen LogP contribution in [0.15, 0.2) is 29.8 Å². The van der Waals surface area contributed by atoms with Crippen molar-refractivity contribution in [2.24, 2.45) is 0 Å². The third-order valence-corrected chi connectivity index (χ3v) is 2.73. The molecule has 1 amide bonds. The van der Waals surface area contributed by atoms with Crippen molar-refractivity contribution in [3.63, 3.8) is 0 Å². The molecule has 0 aliphatic heterocycles. The quantitative estimate of drug-likeness (QED) is 0.914. The molecule has 1 aromatic carbocycles. The van der Waals surface area contributed by atoms with Gasteiger partial charge in [-0.15, -0.1) is 11.3 Å². The van der Waals surface area contributed by atoms with E-state index in [0.717, 1.165) is 12.1 Å². The van der Waals surface area contributed by atoms with Gasteiger partial charge >= 0.3 is 0 Å². The van der Waals surface area contributed by atoms with E-state index in [1.54, 1.807) is 11.6 Å². The molecule has 1 aromatic heterocycles. The number of hydrogen-bond acceptors (Lipinski definition) is 3. The third-order valence-electron chi connectivity index (χ3n) is 2.04. The summed E-state index contributed by atoms with van der Waals surface area (Å²) < 4.78 is 25.9. The molecule has 0 atom stereocenters. The van der Waals surface area contributed by atoms with Gasteiger partial charge in [0.2, 0.25) is 5.91 Å². The van der Waals surface area contributed by atoms with Gasteiger partial charge in [-0.05, 0) is 11.6 Å². The molecule has 0 radical (unpaired) electrons. The van der Waals surface area contributed by atoms with E-state index in [2.05, 4.69) is 10.3 Å². The Hall–Kier alpha value is -1.82. The molecule has 0 unspecified atom stereocenters. The van der Waals surface area contributed by atoms with Gasteiger partial charge in [-0.3, -0.25) is 4.79 Å². The summed E-state index contributed by atoms with van der Waals surface area (Å²) in [5.74, 6) is -1.77. The maximum atomic E-state index is 13.3. The van der Waals surface area contributed by atoms with Gasteiger partial charge in [0.05, 0.1) is 6.42 Å². The fraction of sp³-hybridized carbons (Fsp3) is 0.0909. The highest BCUT2D eigenvalue weighted by atomic mass is 32.1. The number of amides is 1. The Morgan fingerprint density at radius 1 is 1.41 bits per heavy atom. The lowest BCUT2D eigenvalue weighted by Crippen LogP contribution is -2.15. The number of nitrogens with one attached hydrogen (secondary N) is 1. The van der Waals surface area contributed by atoms with Crippen LogP contribution in [0.3, 0.4) is 0 Å². The van der Waals surface area contributed by atoms with Gasteiger partial charge in [-0.2, -0.15) is 0 Å². The van der Waals surface area contributed by atoms with Gasteiger partial charge in [-0.25, -0.2) is 13.8 Å². The zero-order chi connectivity index (χ0) is 12.3. The highest BCUT2D eigenvalue weighted by Gasteiger charge is 2.10. The summed E-state index contributed by atoms with van der Waals surface area (Å²) in [6, 6.07) is 3.13. The number of halogens is 2. The summed E-state index contributed by atoms with van der Waals surface area (Å²) in [6.07, 6.45) is 1.41. The highest BCUT2D eigenvalue weighted by molar-refractivity contribution is 7.13. The first-order valence-electron chi connectivity index (χ1n) is 4.78. The van der Waals surface area contributed by atoms with Crippen LogP contribution in [0.5, 0.6) is 0 Å². The second kappa shape index (κ2) is 5.01. The number of hydrogen-bond donors (Lipinski definition) is 1.